The number of anilines is 2. The maximum atomic E-state index is 6.69. The molecular weight excluding hydrogens is 364 g/mol. The summed E-state index contributed by atoms with van der Waals surface area (Å²) in [5.74, 6) is 3.62. The molecule has 4 N–H and O–H groups in total. The smallest absolute Gasteiger partial charge is 0.0385 e. The number of nitrogen functional groups attached to an aromatic ring is 2. The van der Waals surface area contributed by atoms with Crippen LogP contribution in [0.4, 0.5) is 11.4 Å². The van der Waals surface area contributed by atoms with E-state index in [4.69, 9.17) is 11.5 Å². The minimum atomic E-state index is 0.643. The highest BCUT2D eigenvalue weighted by molar-refractivity contribution is 5.57. The number of benzene rings is 2. The van der Waals surface area contributed by atoms with Crippen molar-refractivity contribution in [3.05, 3.63) is 59.2 Å². The number of nitrogens with two attached hydrogens (primary N) is 2. The molecule has 2 saturated carbocycles. The summed E-state index contributed by atoms with van der Waals surface area (Å²) in [6.45, 7) is 2.34. The Balaban J connectivity index is 1.35. The lowest BCUT2D eigenvalue weighted by atomic mass is 9.68. The van der Waals surface area contributed by atoms with Crippen molar-refractivity contribution in [3.8, 4) is 0 Å². The van der Waals surface area contributed by atoms with Crippen molar-refractivity contribution in [3.63, 3.8) is 0 Å². The zero-order chi connectivity index (χ0) is 20.9. The van der Waals surface area contributed by atoms with Crippen LogP contribution in [0.25, 0.3) is 0 Å². The van der Waals surface area contributed by atoms with E-state index < -0.39 is 0 Å². The molecule has 0 aromatic heterocycles. The molecule has 2 fully saturated rings. The van der Waals surface area contributed by atoms with E-state index in [2.05, 4.69) is 37.3 Å². The van der Waals surface area contributed by atoms with Gasteiger partial charge in [-0.3, -0.25) is 0 Å². The largest absolute Gasteiger partial charge is 0.399 e. The van der Waals surface area contributed by atoms with E-state index in [0.29, 0.717) is 5.92 Å². The average Bonchev–Trinajstić information content (AvgIpc) is 2.78. The highest BCUT2D eigenvalue weighted by atomic mass is 14.6. The third kappa shape index (κ3) is 5.02. The molecule has 0 aliphatic heterocycles. The molecule has 2 heteroatoms. The summed E-state index contributed by atoms with van der Waals surface area (Å²) < 4.78 is 0. The Kier molecular flexibility index (Phi) is 7.02. The molecule has 2 nitrogen and oxygen atoms in total. The van der Waals surface area contributed by atoms with E-state index in [0.717, 1.165) is 35.5 Å². The van der Waals surface area contributed by atoms with Crippen LogP contribution < -0.4 is 11.5 Å². The first-order chi connectivity index (χ1) is 14.6. The van der Waals surface area contributed by atoms with Gasteiger partial charge in [-0.2, -0.15) is 0 Å². The van der Waals surface area contributed by atoms with Crippen LogP contribution in [-0.2, 0) is 6.42 Å². The lowest BCUT2D eigenvalue weighted by molar-refractivity contribution is 0.156. The van der Waals surface area contributed by atoms with Crippen LogP contribution in [-0.4, -0.2) is 0 Å². The SMILES string of the molecule is CCCC1CCC(C2CCC(c3cccc(Cc4ccc(N)cc4)c3N)CC2)CC1. The van der Waals surface area contributed by atoms with Crippen LogP contribution in [0.5, 0.6) is 0 Å². The zero-order valence-corrected chi connectivity index (χ0v) is 18.8. The highest BCUT2D eigenvalue weighted by Gasteiger charge is 2.31. The number of rotatable bonds is 6. The summed E-state index contributed by atoms with van der Waals surface area (Å²) in [4.78, 5) is 0. The lowest BCUT2D eigenvalue weighted by Gasteiger charge is -2.38. The molecule has 162 valence electrons. The van der Waals surface area contributed by atoms with E-state index in [1.54, 1.807) is 0 Å². The van der Waals surface area contributed by atoms with Crippen molar-refractivity contribution in [2.24, 2.45) is 17.8 Å². The zero-order valence-electron chi connectivity index (χ0n) is 18.8. The lowest BCUT2D eigenvalue weighted by Crippen LogP contribution is -2.25. The second-order valence-corrected chi connectivity index (χ2v) is 10.0. The van der Waals surface area contributed by atoms with Gasteiger partial charge in [0, 0.05) is 11.4 Å². The molecular formula is C28H40N2. The Hall–Kier alpha value is -1.96. The van der Waals surface area contributed by atoms with Gasteiger partial charge in [-0.1, -0.05) is 62.9 Å². The molecule has 0 spiro atoms. The number of hydrogen-bond donors (Lipinski definition) is 2. The van der Waals surface area contributed by atoms with Crippen molar-refractivity contribution in [2.75, 3.05) is 11.5 Å². The summed E-state index contributed by atoms with van der Waals surface area (Å²) in [6.07, 6.45) is 15.1. The van der Waals surface area contributed by atoms with E-state index in [1.807, 2.05) is 12.1 Å². The van der Waals surface area contributed by atoms with Gasteiger partial charge in [-0.25, -0.2) is 0 Å². The molecule has 0 saturated heterocycles. The van der Waals surface area contributed by atoms with Crippen molar-refractivity contribution >= 4 is 11.4 Å². The normalized spacial score (nSPS) is 27.1. The Bertz CT molecular complexity index is 794. The minimum absolute atomic E-state index is 0.643. The topological polar surface area (TPSA) is 52.0 Å². The standard InChI is InChI=1S/C28H40N2/c1-2-4-20-7-11-22(12-8-20)23-13-15-24(16-14-23)27-6-3-5-25(28(27)30)19-21-9-17-26(29)18-10-21/h3,5-6,9-10,17-18,20,22-24H,2,4,7-8,11-16,19,29-30H2,1H3. The van der Waals surface area contributed by atoms with Crippen LogP contribution >= 0.6 is 0 Å². The van der Waals surface area contributed by atoms with Gasteiger partial charge in [0.1, 0.15) is 0 Å². The molecule has 2 aromatic rings. The monoisotopic (exact) mass is 404 g/mol. The molecule has 0 unspecified atom stereocenters. The molecule has 0 bridgehead atoms. The highest BCUT2D eigenvalue weighted by Crippen LogP contribution is 2.45. The van der Waals surface area contributed by atoms with Gasteiger partial charge >= 0.3 is 0 Å². The molecule has 0 heterocycles. The molecule has 2 aliphatic carbocycles. The van der Waals surface area contributed by atoms with Crippen LogP contribution in [0.2, 0.25) is 0 Å². The quantitative estimate of drug-likeness (QED) is 0.495. The van der Waals surface area contributed by atoms with Gasteiger partial charge in [0.15, 0.2) is 0 Å². The molecule has 2 aliphatic rings. The average molecular weight is 405 g/mol. The van der Waals surface area contributed by atoms with Crippen molar-refractivity contribution in [1.29, 1.82) is 0 Å². The number of hydrogen-bond acceptors (Lipinski definition) is 2. The second-order valence-electron chi connectivity index (χ2n) is 10.0. The van der Waals surface area contributed by atoms with E-state index >= 15 is 0 Å². The van der Waals surface area contributed by atoms with Crippen LogP contribution in [0.1, 0.15) is 93.7 Å². The summed E-state index contributed by atoms with van der Waals surface area (Å²) in [5.41, 5.74) is 18.3. The van der Waals surface area contributed by atoms with Crippen LogP contribution in [0.3, 0.4) is 0 Å². The van der Waals surface area contributed by atoms with Gasteiger partial charge in [0.2, 0.25) is 0 Å². The van der Waals surface area contributed by atoms with Crippen molar-refractivity contribution < 1.29 is 0 Å². The Morgan fingerprint density at radius 3 is 2.03 bits per heavy atom. The fraction of sp³-hybridized carbons (Fsp3) is 0.571. The Morgan fingerprint density at radius 1 is 0.767 bits per heavy atom. The summed E-state index contributed by atoms with van der Waals surface area (Å²) in [5, 5.41) is 0. The fourth-order valence-electron chi connectivity index (χ4n) is 6.26. The molecule has 4 rings (SSSR count). The molecule has 0 atom stereocenters. The third-order valence-electron chi connectivity index (χ3n) is 8.07. The first-order valence-electron chi connectivity index (χ1n) is 12.4. The van der Waals surface area contributed by atoms with Crippen LogP contribution in [0, 0.1) is 17.8 Å². The molecule has 2 aromatic carbocycles. The van der Waals surface area contributed by atoms with Gasteiger partial charge in [-0.15, -0.1) is 0 Å². The van der Waals surface area contributed by atoms with E-state index in [1.165, 1.54) is 80.9 Å². The summed E-state index contributed by atoms with van der Waals surface area (Å²) in [7, 11) is 0. The third-order valence-corrected chi connectivity index (χ3v) is 8.07. The summed E-state index contributed by atoms with van der Waals surface area (Å²) >= 11 is 0. The Labute approximate surface area is 183 Å². The maximum absolute atomic E-state index is 6.69. The predicted octanol–water partition coefficient (Wildman–Crippen LogP) is 7.32. The molecule has 0 amide bonds. The minimum Gasteiger partial charge on any atom is -0.399 e. The first-order valence-corrected chi connectivity index (χ1v) is 12.4. The van der Waals surface area contributed by atoms with E-state index in [-0.39, 0.29) is 0 Å². The predicted molar refractivity (Wildman–Crippen MR) is 130 cm³/mol. The van der Waals surface area contributed by atoms with Crippen molar-refractivity contribution in [2.45, 2.75) is 83.5 Å². The van der Waals surface area contributed by atoms with Gasteiger partial charge in [-0.05, 0) is 97.4 Å². The van der Waals surface area contributed by atoms with Gasteiger partial charge in [0.05, 0.1) is 0 Å². The molecule has 30 heavy (non-hydrogen) atoms. The van der Waals surface area contributed by atoms with Gasteiger partial charge < -0.3 is 11.5 Å². The van der Waals surface area contributed by atoms with Crippen molar-refractivity contribution in [1.82, 2.24) is 0 Å². The maximum Gasteiger partial charge on any atom is 0.0385 e. The fourth-order valence-corrected chi connectivity index (χ4v) is 6.26. The van der Waals surface area contributed by atoms with E-state index in [9.17, 15) is 0 Å². The Morgan fingerprint density at radius 2 is 1.40 bits per heavy atom. The van der Waals surface area contributed by atoms with Crippen LogP contribution in [0.15, 0.2) is 42.5 Å². The van der Waals surface area contributed by atoms with Gasteiger partial charge in [0.25, 0.3) is 0 Å². The second kappa shape index (κ2) is 9.90. The number of para-hydroxylation sites is 1. The first kappa shape index (κ1) is 21.3. The summed E-state index contributed by atoms with van der Waals surface area (Å²) in [6, 6.07) is 14.9. The molecule has 0 radical (unpaired) electrons.